The highest BCUT2D eigenvalue weighted by Crippen LogP contribution is 2.22. The molecular weight excluding hydrogens is 270 g/mol. The number of amides is 2. The number of hydrogen-bond acceptors (Lipinski definition) is 4. The Morgan fingerprint density at radius 2 is 2.24 bits per heavy atom. The van der Waals surface area contributed by atoms with E-state index in [0.29, 0.717) is 37.8 Å². The molecule has 1 aliphatic heterocycles. The van der Waals surface area contributed by atoms with Crippen LogP contribution in [0.1, 0.15) is 20.3 Å². The molecule has 0 spiro atoms. The SMILES string of the molecule is CC(C)NCCC(=O)Nc1cccc(N2CCOC2=O)c1. The highest BCUT2D eigenvalue weighted by atomic mass is 16.6. The summed E-state index contributed by atoms with van der Waals surface area (Å²) in [4.78, 5) is 24.9. The van der Waals surface area contributed by atoms with E-state index in [2.05, 4.69) is 10.6 Å². The van der Waals surface area contributed by atoms with Crippen molar-refractivity contribution in [3.05, 3.63) is 24.3 Å². The third kappa shape index (κ3) is 4.46. The van der Waals surface area contributed by atoms with E-state index in [1.165, 1.54) is 0 Å². The molecule has 2 rings (SSSR count). The van der Waals surface area contributed by atoms with Gasteiger partial charge < -0.3 is 15.4 Å². The zero-order valence-electron chi connectivity index (χ0n) is 12.4. The molecule has 0 aliphatic carbocycles. The molecular formula is C15H21N3O3. The molecule has 0 radical (unpaired) electrons. The van der Waals surface area contributed by atoms with Gasteiger partial charge in [0, 0.05) is 30.4 Å². The van der Waals surface area contributed by atoms with Crippen molar-refractivity contribution < 1.29 is 14.3 Å². The van der Waals surface area contributed by atoms with Gasteiger partial charge >= 0.3 is 6.09 Å². The molecule has 1 heterocycles. The lowest BCUT2D eigenvalue weighted by molar-refractivity contribution is -0.116. The summed E-state index contributed by atoms with van der Waals surface area (Å²) in [6.45, 7) is 5.65. The first-order valence-electron chi connectivity index (χ1n) is 7.14. The summed E-state index contributed by atoms with van der Waals surface area (Å²) < 4.78 is 4.91. The Hall–Kier alpha value is -2.08. The number of nitrogens with zero attached hydrogens (tertiary/aromatic N) is 1. The van der Waals surface area contributed by atoms with Crippen LogP contribution in [0.3, 0.4) is 0 Å². The van der Waals surface area contributed by atoms with Crippen molar-refractivity contribution in [1.29, 1.82) is 0 Å². The molecule has 114 valence electrons. The number of benzene rings is 1. The maximum Gasteiger partial charge on any atom is 0.414 e. The van der Waals surface area contributed by atoms with Crippen LogP contribution in [0.15, 0.2) is 24.3 Å². The first-order chi connectivity index (χ1) is 10.1. The molecule has 0 atom stereocenters. The number of cyclic esters (lactones) is 1. The fourth-order valence-electron chi connectivity index (χ4n) is 2.08. The molecule has 1 fully saturated rings. The molecule has 2 amide bonds. The fourth-order valence-corrected chi connectivity index (χ4v) is 2.08. The highest BCUT2D eigenvalue weighted by Gasteiger charge is 2.23. The minimum absolute atomic E-state index is 0.0516. The minimum Gasteiger partial charge on any atom is -0.447 e. The zero-order chi connectivity index (χ0) is 15.2. The lowest BCUT2D eigenvalue weighted by Gasteiger charge is -2.14. The van der Waals surface area contributed by atoms with Gasteiger partial charge in [0.2, 0.25) is 5.91 Å². The number of rotatable bonds is 6. The van der Waals surface area contributed by atoms with Crippen LogP contribution in [0, 0.1) is 0 Å². The summed E-state index contributed by atoms with van der Waals surface area (Å²) in [7, 11) is 0. The number of hydrogen-bond donors (Lipinski definition) is 2. The fraction of sp³-hybridized carbons (Fsp3) is 0.467. The van der Waals surface area contributed by atoms with Crippen molar-refractivity contribution in [3.8, 4) is 0 Å². The van der Waals surface area contributed by atoms with Gasteiger partial charge in [-0.3, -0.25) is 9.69 Å². The second-order valence-electron chi connectivity index (χ2n) is 5.22. The molecule has 1 aromatic rings. The van der Waals surface area contributed by atoms with E-state index in [1.54, 1.807) is 17.0 Å². The Kier molecular flexibility index (Phi) is 5.16. The largest absolute Gasteiger partial charge is 0.447 e. The van der Waals surface area contributed by atoms with Crippen LogP contribution in [0.2, 0.25) is 0 Å². The van der Waals surface area contributed by atoms with Crippen LogP contribution in [0.4, 0.5) is 16.2 Å². The summed E-state index contributed by atoms with van der Waals surface area (Å²) >= 11 is 0. The molecule has 6 nitrogen and oxygen atoms in total. The quantitative estimate of drug-likeness (QED) is 0.840. The molecule has 0 unspecified atom stereocenters. The van der Waals surface area contributed by atoms with Gasteiger partial charge in [0.15, 0.2) is 0 Å². The van der Waals surface area contributed by atoms with Crippen molar-refractivity contribution >= 4 is 23.4 Å². The number of nitrogens with one attached hydrogen (secondary N) is 2. The van der Waals surface area contributed by atoms with Crippen LogP contribution in [-0.2, 0) is 9.53 Å². The summed E-state index contributed by atoms with van der Waals surface area (Å²) in [5.41, 5.74) is 1.41. The van der Waals surface area contributed by atoms with Gasteiger partial charge in [-0.2, -0.15) is 0 Å². The van der Waals surface area contributed by atoms with Crippen molar-refractivity contribution in [1.82, 2.24) is 5.32 Å². The lowest BCUT2D eigenvalue weighted by atomic mass is 10.2. The van der Waals surface area contributed by atoms with E-state index < -0.39 is 0 Å². The van der Waals surface area contributed by atoms with Crippen LogP contribution in [0.25, 0.3) is 0 Å². The van der Waals surface area contributed by atoms with E-state index in [4.69, 9.17) is 4.74 Å². The predicted molar refractivity (Wildman–Crippen MR) is 81.5 cm³/mol. The molecule has 2 N–H and O–H groups in total. The van der Waals surface area contributed by atoms with Gasteiger partial charge in [0.25, 0.3) is 0 Å². The van der Waals surface area contributed by atoms with E-state index in [1.807, 2.05) is 26.0 Å². The second kappa shape index (κ2) is 7.08. The second-order valence-corrected chi connectivity index (χ2v) is 5.22. The smallest absolute Gasteiger partial charge is 0.414 e. The molecule has 1 aliphatic rings. The molecule has 6 heteroatoms. The summed E-state index contributed by atoms with van der Waals surface area (Å²) in [5, 5.41) is 6.03. The standard InChI is InChI=1S/C15H21N3O3/c1-11(2)16-7-6-14(19)17-12-4-3-5-13(10-12)18-8-9-21-15(18)20/h3-5,10-11,16H,6-9H2,1-2H3,(H,17,19). The van der Waals surface area contributed by atoms with Crippen molar-refractivity contribution in [2.75, 3.05) is 29.9 Å². The normalized spacial score (nSPS) is 14.4. The topological polar surface area (TPSA) is 70.7 Å². The number of carbonyl (C=O) groups excluding carboxylic acids is 2. The minimum atomic E-state index is -0.348. The maximum absolute atomic E-state index is 11.8. The van der Waals surface area contributed by atoms with Crippen molar-refractivity contribution in [3.63, 3.8) is 0 Å². The summed E-state index contributed by atoms with van der Waals surface area (Å²) in [5.74, 6) is -0.0516. The molecule has 0 bridgehead atoms. The van der Waals surface area contributed by atoms with Crippen molar-refractivity contribution in [2.45, 2.75) is 26.3 Å². The van der Waals surface area contributed by atoms with Gasteiger partial charge in [-0.1, -0.05) is 19.9 Å². The zero-order valence-corrected chi connectivity index (χ0v) is 12.4. The van der Waals surface area contributed by atoms with Crippen LogP contribution < -0.4 is 15.5 Å². The van der Waals surface area contributed by atoms with Gasteiger partial charge in [-0.25, -0.2) is 4.79 Å². The molecule has 21 heavy (non-hydrogen) atoms. The van der Waals surface area contributed by atoms with E-state index >= 15 is 0 Å². The Morgan fingerprint density at radius 3 is 2.90 bits per heavy atom. The third-order valence-corrected chi connectivity index (χ3v) is 3.11. The highest BCUT2D eigenvalue weighted by molar-refractivity contribution is 5.93. The molecule has 0 aromatic heterocycles. The molecule has 1 aromatic carbocycles. The average Bonchev–Trinajstić information content (AvgIpc) is 2.85. The van der Waals surface area contributed by atoms with Gasteiger partial charge in [0.1, 0.15) is 6.61 Å². The van der Waals surface area contributed by atoms with E-state index in [0.717, 1.165) is 5.69 Å². The molecule has 1 saturated heterocycles. The Balaban J connectivity index is 1.91. The predicted octanol–water partition coefficient (Wildman–Crippen LogP) is 1.97. The Labute approximate surface area is 124 Å². The average molecular weight is 291 g/mol. The Bertz CT molecular complexity index is 517. The van der Waals surface area contributed by atoms with Gasteiger partial charge in [-0.05, 0) is 18.2 Å². The third-order valence-electron chi connectivity index (χ3n) is 3.11. The number of anilines is 2. The Morgan fingerprint density at radius 1 is 1.43 bits per heavy atom. The summed E-state index contributed by atoms with van der Waals surface area (Å²) in [6, 6.07) is 7.58. The number of ether oxygens (including phenoxy) is 1. The maximum atomic E-state index is 11.8. The molecule has 0 saturated carbocycles. The van der Waals surface area contributed by atoms with E-state index in [9.17, 15) is 9.59 Å². The van der Waals surface area contributed by atoms with E-state index in [-0.39, 0.29) is 12.0 Å². The van der Waals surface area contributed by atoms with Crippen LogP contribution in [-0.4, -0.2) is 37.7 Å². The van der Waals surface area contributed by atoms with Gasteiger partial charge in [0.05, 0.1) is 6.54 Å². The monoisotopic (exact) mass is 291 g/mol. The van der Waals surface area contributed by atoms with Crippen LogP contribution in [0.5, 0.6) is 0 Å². The van der Waals surface area contributed by atoms with Crippen LogP contribution >= 0.6 is 0 Å². The first-order valence-corrected chi connectivity index (χ1v) is 7.14. The van der Waals surface area contributed by atoms with Gasteiger partial charge in [-0.15, -0.1) is 0 Å². The van der Waals surface area contributed by atoms with Crippen molar-refractivity contribution in [2.24, 2.45) is 0 Å². The lowest BCUT2D eigenvalue weighted by Crippen LogP contribution is -2.27. The number of carbonyl (C=O) groups is 2. The summed E-state index contributed by atoms with van der Waals surface area (Å²) in [6.07, 6.45) is 0.0633. The first kappa shape index (κ1) is 15.3.